The van der Waals surface area contributed by atoms with Crippen LogP contribution in [0.1, 0.15) is 110 Å². The molecule has 4 nitrogen and oxygen atoms in total. The lowest BCUT2D eigenvalue weighted by Crippen LogP contribution is -2.15. The van der Waals surface area contributed by atoms with E-state index in [1.807, 2.05) is 41.5 Å². The van der Waals surface area contributed by atoms with Crippen LogP contribution >= 0.6 is 0 Å². The highest BCUT2D eigenvalue weighted by atomic mass is 16.3. The summed E-state index contributed by atoms with van der Waals surface area (Å²) in [5, 5.41) is 16.6. The first-order valence-electron chi connectivity index (χ1n) is 15.7. The number of nitrogens with two attached hydrogens (primary N) is 1. The van der Waals surface area contributed by atoms with Gasteiger partial charge in [-0.3, -0.25) is 0 Å². The maximum atomic E-state index is 9.72. The molecule has 228 valence electrons. The van der Waals surface area contributed by atoms with Crippen LogP contribution in [0.15, 0.2) is 83.2 Å². The molecule has 0 amide bonds. The normalized spacial score (nSPS) is 13.3. The van der Waals surface area contributed by atoms with Gasteiger partial charge in [0.2, 0.25) is 0 Å². The molecule has 2 aromatic rings. The highest BCUT2D eigenvalue weighted by Crippen LogP contribution is 2.22. The predicted molar refractivity (Wildman–Crippen MR) is 183 cm³/mol. The van der Waals surface area contributed by atoms with E-state index in [-0.39, 0.29) is 5.75 Å². The number of hydrogen-bond donors (Lipinski definition) is 4. The average Bonchev–Trinajstić information content (AvgIpc) is 3.02. The molecule has 2 aliphatic carbocycles. The lowest BCUT2D eigenvalue weighted by atomic mass is 10.0. The van der Waals surface area contributed by atoms with Gasteiger partial charge in [-0.15, -0.1) is 0 Å². The zero-order valence-electron chi connectivity index (χ0n) is 27.7. The van der Waals surface area contributed by atoms with Gasteiger partial charge in [-0.2, -0.15) is 0 Å². The Morgan fingerprint density at radius 1 is 0.683 bits per heavy atom. The summed E-state index contributed by atoms with van der Waals surface area (Å²) >= 11 is 0. The third kappa shape index (κ3) is 14.7. The van der Waals surface area contributed by atoms with E-state index >= 15 is 0 Å². The van der Waals surface area contributed by atoms with E-state index in [0.29, 0.717) is 12.2 Å². The van der Waals surface area contributed by atoms with Gasteiger partial charge in [0.1, 0.15) is 5.75 Å². The van der Waals surface area contributed by atoms with Crippen LogP contribution in [-0.2, 0) is 13.1 Å². The average molecular weight is 562 g/mol. The van der Waals surface area contributed by atoms with E-state index in [4.69, 9.17) is 5.73 Å². The maximum absolute atomic E-state index is 9.72. The molecule has 0 aromatic heterocycles. The smallest absolute Gasteiger partial charge is 0.120 e. The van der Waals surface area contributed by atoms with Gasteiger partial charge < -0.3 is 21.5 Å². The molecule has 0 fully saturated rings. The number of anilines is 1. The summed E-state index contributed by atoms with van der Waals surface area (Å²) in [5.74, 6) is 0.290. The van der Waals surface area contributed by atoms with Crippen molar-refractivity contribution >= 4 is 5.69 Å². The van der Waals surface area contributed by atoms with Crippen LogP contribution in [0.3, 0.4) is 0 Å². The molecule has 0 aliphatic heterocycles. The van der Waals surface area contributed by atoms with Crippen LogP contribution in [0, 0.1) is 13.8 Å². The summed E-state index contributed by atoms with van der Waals surface area (Å²) in [6.45, 7) is 22.2. The molecule has 0 spiro atoms. The zero-order chi connectivity index (χ0) is 31.2. The Morgan fingerprint density at radius 3 is 1.80 bits per heavy atom. The van der Waals surface area contributed by atoms with Gasteiger partial charge in [0.05, 0.1) is 0 Å². The number of nitrogen functional groups attached to an aromatic ring is 1. The van der Waals surface area contributed by atoms with Crippen LogP contribution in [0.2, 0.25) is 0 Å². The molecule has 4 heteroatoms. The molecular formula is C37H59N3O. The number of aryl methyl sites for hydroxylation is 2. The number of nitrogens with one attached hydrogen (secondary N) is 2. The first kappa shape index (κ1) is 37.6. The van der Waals surface area contributed by atoms with Crippen LogP contribution in [0.25, 0.3) is 0 Å². The first-order chi connectivity index (χ1) is 19.8. The predicted octanol–water partition coefficient (Wildman–Crippen LogP) is 10.2. The minimum Gasteiger partial charge on any atom is -0.508 e. The standard InChI is InChI=1S/C16H21N.C15H20N2O.3C2H6/c1-12-5-8-16(9-6-12)17-11-15-10-13(2)4-7-14(15)3;1-2-11-3-6-14(7-4-11)17-10-12-9-13(16)5-8-15(12)18;3*1-2/h4-5,7-8,10,17H,6,9,11H2,1-3H3;3,5-6,8-9,17-18H,2,4,7,10,16H2,1H3;3*1-2H3. The van der Waals surface area contributed by atoms with Crippen molar-refractivity contribution in [1.82, 2.24) is 10.6 Å². The van der Waals surface area contributed by atoms with E-state index in [1.54, 1.807) is 18.2 Å². The number of allylic oxidation sites excluding steroid dienone is 8. The Hall–Kier alpha value is -3.40. The van der Waals surface area contributed by atoms with Crippen molar-refractivity contribution in [1.29, 1.82) is 0 Å². The van der Waals surface area contributed by atoms with Crippen LogP contribution < -0.4 is 16.4 Å². The van der Waals surface area contributed by atoms with E-state index < -0.39 is 0 Å². The summed E-state index contributed by atoms with van der Waals surface area (Å²) in [4.78, 5) is 0. The highest BCUT2D eigenvalue weighted by Gasteiger charge is 2.07. The van der Waals surface area contributed by atoms with Crippen molar-refractivity contribution in [2.75, 3.05) is 5.73 Å². The van der Waals surface area contributed by atoms with Crippen molar-refractivity contribution in [3.8, 4) is 5.75 Å². The second-order valence-electron chi connectivity index (χ2n) is 9.60. The summed E-state index contributed by atoms with van der Waals surface area (Å²) in [5.41, 5.74) is 16.9. The molecule has 0 bridgehead atoms. The number of aromatic hydroxyl groups is 1. The van der Waals surface area contributed by atoms with Crippen molar-refractivity contribution in [2.24, 2.45) is 0 Å². The second-order valence-corrected chi connectivity index (χ2v) is 9.60. The van der Waals surface area contributed by atoms with Crippen molar-refractivity contribution in [3.63, 3.8) is 0 Å². The van der Waals surface area contributed by atoms with Crippen LogP contribution in [0.5, 0.6) is 5.75 Å². The first-order valence-corrected chi connectivity index (χ1v) is 15.7. The van der Waals surface area contributed by atoms with E-state index in [2.05, 4.69) is 80.8 Å². The SMILES string of the molecule is CC.CC.CC.CC1=CC=C(NCc2cc(C)ccc2C)CC1.CCC1=CC=C(NCc2cc(N)ccc2O)CC1. The quantitative estimate of drug-likeness (QED) is 0.200. The minimum atomic E-state index is 0.290. The van der Waals surface area contributed by atoms with Gasteiger partial charge in [0, 0.05) is 35.7 Å². The van der Waals surface area contributed by atoms with Crippen LogP contribution in [-0.4, -0.2) is 5.11 Å². The monoisotopic (exact) mass is 561 g/mol. The van der Waals surface area contributed by atoms with Gasteiger partial charge in [0.25, 0.3) is 0 Å². The van der Waals surface area contributed by atoms with Gasteiger partial charge in [-0.1, -0.05) is 95.5 Å². The van der Waals surface area contributed by atoms with Gasteiger partial charge in [-0.05, 0) is 94.4 Å². The van der Waals surface area contributed by atoms with Crippen molar-refractivity contribution < 1.29 is 5.11 Å². The zero-order valence-corrected chi connectivity index (χ0v) is 27.7. The molecule has 0 heterocycles. The largest absolute Gasteiger partial charge is 0.508 e. The van der Waals surface area contributed by atoms with Gasteiger partial charge in [0.15, 0.2) is 0 Å². The lowest BCUT2D eigenvalue weighted by molar-refractivity contribution is 0.466. The van der Waals surface area contributed by atoms with E-state index in [1.165, 1.54) is 45.7 Å². The van der Waals surface area contributed by atoms with Crippen LogP contribution in [0.4, 0.5) is 5.69 Å². The summed E-state index contributed by atoms with van der Waals surface area (Å²) in [7, 11) is 0. The fourth-order valence-corrected chi connectivity index (χ4v) is 4.17. The molecule has 4 rings (SSSR count). The molecule has 0 saturated heterocycles. The fourth-order valence-electron chi connectivity index (χ4n) is 4.17. The summed E-state index contributed by atoms with van der Waals surface area (Å²) < 4.78 is 0. The van der Waals surface area contributed by atoms with E-state index in [9.17, 15) is 5.11 Å². The lowest BCUT2D eigenvalue weighted by Gasteiger charge is -2.16. The van der Waals surface area contributed by atoms with Crippen molar-refractivity contribution in [2.45, 2.75) is 114 Å². The third-order valence-electron chi connectivity index (χ3n) is 6.67. The number of phenolic OH excluding ortho intramolecular Hbond substituents is 1. The Balaban J connectivity index is 0.000000661. The molecule has 2 aliphatic rings. The molecule has 0 unspecified atom stereocenters. The summed E-state index contributed by atoms with van der Waals surface area (Å²) in [6, 6.07) is 11.8. The third-order valence-corrected chi connectivity index (χ3v) is 6.67. The molecule has 0 atom stereocenters. The Morgan fingerprint density at radius 2 is 1.27 bits per heavy atom. The van der Waals surface area contributed by atoms with Crippen molar-refractivity contribution in [3.05, 3.63) is 105 Å². The topological polar surface area (TPSA) is 70.3 Å². The minimum absolute atomic E-state index is 0.290. The maximum Gasteiger partial charge on any atom is 0.120 e. The molecular weight excluding hydrogens is 502 g/mol. The Kier molecular flexibility index (Phi) is 20.5. The summed E-state index contributed by atoms with van der Waals surface area (Å²) in [6.07, 6.45) is 14.4. The number of benzene rings is 2. The number of rotatable bonds is 7. The van der Waals surface area contributed by atoms with Gasteiger partial charge >= 0.3 is 0 Å². The number of hydrogen-bond acceptors (Lipinski definition) is 4. The Labute approximate surface area is 252 Å². The second kappa shape index (κ2) is 22.3. The molecule has 0 radical (unpaired) electrons. The molecule has 5 N–H and O–H groups in total. The molecule has 0 saturated carbocycles. The van der Waals surface area contributed by atoms with E-state index in [0.717, 1.165) is 37.8 Å². The Bertz CT molecular complexity index is 1140. The number of phenols is 1. The van der Waals surface area contributed by atoms with Gasteiger partial charge in [-0.25, -0.2) is 0 Å². The fraction of sp³-hybridized carbons (Fsp3) is 0.459. The molecule has 2 aromatic carbocycles. The molecule has 41 heavy (non-hydrogen) atoms. The highest BCUT2D eigenvalue weighted by molar-refractivity contribution is 5.47.